The molecular formula is C20H28N4O2. The van der Waals surface area contributed by atoms with E-state index in [2.05, 4.69) is 39.1 Å². The molecule has 1 amide bonds. The molecule has 0 aliphatic carbocycles. The zero-order chi connectivity index (χ0) is 18.6. The number of imidazole rings is 1. The number of hydrogen-bond donors (Lipinski definition) is 1. The van der Waals surface area contributed by atoms with Crippen molar-refractivity contribution in [3.63, 3.8) is 0 Å². The molecule has 0 unspecified atom stereocenters. The average molecular weight is 356 g/mol. The Balaban J connectivity index is 1.67. The molecule has 140 valence electrons. The molecule has 0 spiro atoms. The maximum Gasteiger partial charge on any atom is 0.410 e. The second kappa shape index (κ2) is 7.91. The number of ether oxygens (including phenoxy) is 1. The fourth-order valence-corrected chi connectivity index (χ4v) is 3.27. The summed E-state index contributed by atoms with van der Waals surface area (Å²) in [5, 5.41) is 3.66. The van der Waals surface area contributed by atoms with E-state index in [1.807, 2.05) is 39.4 Å². The van der Waals surface area contributed by atoms with E-state index in [1.165, 1.54) is 5.56 Å². The van der Waals surface area contributed by atoms with E-state index in [9.17, 15) is 4.79 Å². The van der Waals surface area contributed by atoms with Crippen LogP contribution in [0.25, 0.3) is 0 Å². The zero-order valence-corrected chi connectivity index (χ0v) is 15.8. The highest BCUT2D eigenvalue weighted by molar-refractivity contribution is 5.68. The van der Waals surface area contributed by atoms with E-state index in [-0.39, 0.29) is 18.2 Å². The van der Waals surface area contributed by atoms with E-state index in [0.29, 0.717) is 13.1 Å². The Morgan fingerprint density at radius 2 is 2.08 bits per heavy atom. The summed E-state index contributed by atoms with van der Waals surface area (Å²) in [6.45, 7) is 7.79. The number of nitrogens with one attached hydrogen (secondary N) is 1. The van der Waals surface area contributed by atoms with Crippen molar-refractivity contribution in [1.29, 1.82) is 0 Å². The molecular weight excluding hydrogens is 328 g/mol. The Hall–Kier alpha value is -2.34. The van der Waals surface area contributed by atoms with Gasteiger partial charge in [0.1, 0.15) is 5.60 Å². The summed E-state index contributed by atoms with van der Waals surface area (Å²) in [5.74, 6) is 0. The third kappa shape index (κ3) is 4.85. The van der Waals surface area contributed by atoms with E-state index < -0.39 is 5.60 Å². The van der Waals surface area contributed by atoms with Crippen LogP contribution in [0.3, 0.4) is 0 Å². The van der Waals surface area contributed by atoms with Crippen LogP contribution >= 0.6 is 0 Å². The van der Waals surface area contributed by atoms with Crippen LogP contribution in [0.1, 0.15) is 38.8 Å². The average Bonchev–Trinajstić information content (AvgIpc) is 3.14. The molecule has 1 aromatic carbocycles. The lowest BCUT2D eigenvalue weighted by Gasteiger charge is -2.40. The second-order valence-corrected chi connectivity index (χ2v) is 7.77. The minimum absolute atomic E-state index is 0.127. The molecule has 26 heavy (non-hydrogen) atoms. The number of carbonyl (C=O) groups is 1. The third-order valence-electron chi connectivity index (χ3n) is 4.55. The molecule has 2 heterocycles. The molecule has 3 rings (SSSR count). The Morgan fingerprint density at radius 3 is 2.73 bits per heavy atom. The van der Waals surface area contributed by atoms with E-state index in [4.69, 9.17) is 4.74 Å². The number of rotatable bonds is 4. The third-order valence-corrected chi connectivity index (χ3v) is 4.55. The van der Waals surface area contributed by atoms with Gasteiger partial charge in [-0.3, -0.25) is 0 Å². The van der Waals surface area contributed by atoms with Crippen LogP contribution < -0.4 is 5.32 Å². The first-order valence-corrected chi connectivity index (χ1v) is 9.15. The van der Waals surface area contributed by atoms with Crippen molar-refractivity contribution in [2.24, 2.45) is 0 Å². The van der Waals surface area contributed by atoms with Gasteiger partial charge in [-0.2, -0.15) is 0 Å². The van der Waals surface area contributed by atoms with E-state index in [0.717, 1.165) is 13.0 Å². The van der Waals surface area contributed by atoms with Crippen LogP contribution in [-0.2, 0) is 11.3 Å². The molecule has 1 aromatic heterocycles. The van der Waals surface area contributed by atoms with Crippen molar-refractivity contribution in [2.75, 3.05) is 13.1 Å². The Bertz CT molecular complexity index is 694. The lowest BCUT2D eigenvalue weighted by atomic mass is 9.98. The summed E-state index contributed by atoms with van der Waals surface area (Å²) in [6.07, 6.45) is 6.18. The van der Waals surface area contributed by atoms with Crippen LogP contribution in [0.15, 0.2) is 49.1 Å². The number of carbonyl (C=O) groups excluding carboxylic acids is 1. The van der Waals surface area contributed by atoms with E-state index >= 15 is 0 Å². The van der Waals surface area contributed by atoms with Gasteiger partial charge in [0.05, 0.1) is 12.4 Å². The number of aromatic nitrogens is 2. The van der Waals surface area contributed by atoms with Gasteiger partial charge < -0.3 is 19.5 Å². The Morgan fingerprint density at radius 1 is 1.31 bits per heavy atom. The van der Waals surface area contributed by atoms with Crippen molar-refractivity contribution < 1.29 is 9.53 Å². The fourth-order valence-electron chi connectivity index (χ4n) is 3.27. The number of likely N-dealkylation sites (tertiary alicyclic amines) is 1. The standard InChI is InChI=1S/C20H28N4O2/c1-20(2,3)26-19(25)23-11-9-17(18(14-23)24-12-10-21-15-24)22-13-16-7-5-4-6-8-16/h4-8,10,12,15,17-18,22H,9,11,13-14H2,1-3H3/t17-,18+/m1/s1. The first-order chi connectivity index (χ1) is 12.4. The van der Waals surface area contributed by atoms with Crippen LogP contribution in [0.4, 0.5) is 4.79 Å². The summed E-state index contributed by atoms with van der Waals surface area (Å²) in [5.41, 5.74) is 0.774. The maximum atomic E-state index is 12.5. The summed E-state index contributed by atoms with van der Waals surface area (Å²) in [6, 6.07) is 10.8. The molecule has 1 aliphatic rings. The van der Waals surface area contributed by atoms with Gasteiger partial charge >= 0.3 is 6.09 Å². The van der Waals surface area contributed by atoms with Crippen molar-refractivity contribution in [3.8, 4) is 0 Å². The van der Waals surface area contributed by atoms with Crippen molar-refractivity contribution in [3.05, 3.63) is 54.6 Å². The quantitative estimate of drug-likeness (QED) is 0.914. The topological polar surface area (TPSA) is 59.4 Å². The number of hydrogen-bond acceptors (Lipinski definition) is 4. The summed E-state index contributed by atoms with van der Waals surface area (Å²) >= 11 is 0. The zero-order valence-electron chi connectivity index (χ0n) is 15.8. The minimum atomic E-state index is -0.482. The van der Waals surface area contributed by atoms with Gasteiger partial charge in [-0.25, -0.2) is 9.78 Å². The lowest BCUT2D eigenvalue weighted by molar-refractivity contribution is 0.0140. The molecule has 1 N–H and O–H groups in total. The molecule has 2 atom stereocenters. The Kier molecular flexibility index (Phi) is 5.61. The number of amides is 1. The largest absolute Gasteiger partial charge is 0.444 e. The maximum absolute atomic E-state index is 12.5. The second-order valence-electron chi connectivity index (χ2n) is 7.77. The minimum Gasteiger partial charge on any atom is -0.444 e. The van der Waals surface area contributed by atoms with Crippen LogP contribution in [-0.4, -0.2) is 45.3 Å². The smallest absolute Gasteiger partial charge is 0.410 e. The monoisotopic (exact) mass is 356 g/mol. The molecule has 6 heteroatoms. The summed E-state index contributed by atoms with van der Waals surface area (Å²) in [4.78, 5) is 18.5. The van der Waals surface area contributed by atoms with Gasteiger partial charge in [0.2, 0.25) is 0 Å². The van der Waals surface area contributed by atoms with Gasteiger partial charge in [0.15, 0.2) is 0 Å². The van der Waals surface area contributed by atoms with Gasteiger partial charge in [-0.1, -0.05) is 30.3 Å². The first-order valence-electron chi connectivity index (χ1n) is 9.15. The molecule has 2 aromatic rings. The number of piperidine rings is 1. The van der Waals surface area contributed by atoms with Gasteiger partial charge in [0.25, 0.3) is 0 Å². The van der Waals surface area contributed by atoms with Gasteiger partial charge in [-0.05, 0) is 32.8 Å². The van der Waals surface area contributed by atoms with Crippen molar-refractivity contribution in [1.82, 2.24) is 19.8 Å². The number of benzene rings is 1. The van der Waals surface area contributed by atoms with Crippen LogP contribution in [0.5, 0.6) is 0 Å². The van der Waals surface area contributed by atoms with Gasteiger partial charge in [0, 0.05) is 38.1 Å². The van der Waals surface area contributed by atoms with Crippen LogP contribution in [0, 0.1) is 0 Å². The SMILES string of the molecule is CC(C)(C)OC(=O)N1CC[C@@H](NCc2ccccc2)[C@@H](n2ccnc2)C1. The molecule has 1 fully saturated rings. The highest BCUT2D eigenvalue weighted by atomic mass is 16.6. The van der Waals surface area contributed by atoms with Crippen molar-refractivity contribution >= 4 is 6.09 Å². The highest BCUT2D eigenvalue weighted by Crippen LogP contribution is 2.24. The molecule has 1 saturated heterocycles. The molecule has 6 nitrogen and oxygen atoms in total. The predicted octanol–water partition coefficient (Wildman–Crippen LogP) is 3.22. The molecule has 0 bridgehead atoms. The first kappa shape index (κ1) is 18.5. The van der Waals surface area contributed by atoms with Crippen molar-refractivity contribution in [2.45, 2.75) is 51.4 Å². The molecule has 1 aliphatic heterocycles. The number of nitrogens with zero attached hydrogens (tertiary/aromatic N) is 3. The van der Waals surface area contributed by atoms with Crippen LogP contribution in [0.2, 0.25) is 0 Å². The summed E-state index contributed by atoms with van der Waals surface area (Å²) < 4.78 is 7.63. The highest BCUT2D eigenvalue weighted by Gasteiger charge is 2.34. The summed E-state index contributed by atoms with van der Waals surface area (Å²) in [7, 11) is 0. The predicted molar refractivity (Wildman–Crippen MR) is 101 cm³/mol. The molecule has 0 saturated carbocycles. The van der Waals surface area contributed by atoms with Gasteiger partial charge in [-0.15, -0.1) is 0 Å². The fraction of sp³-hybridized carbons (Fsp3) is 0.500. The van der Waals surface area contributed by atoms with E-state index in [1.54, 1.807) is 11.1 Å². The lowest BCUT2D eigenvalue weighted by Crippen LogP contribution is -2.52. The Labute approximate surface area is 155 Å². The molecule has 0 radical (unpaired) electrons. The normalized spacial score (nSPS) is 20.8.